The maximum atomic E-state index is 12.5. The highest BCUT2D eigenvalue weighted by molar-refractivity contribution is 5.93. The molecule has 0 bridgehead atoms. The zero-order valence-corrected chi connectivity index (χ0v) is 15.3. The Morgan fingerprint density at radius 1 is 1.26 bits per heavy atom. The molecule has 7 nitrogen and oxygen atoms in total. The minimum Gasteiger partial charge on any atom is -0.496 e. The number of carbonyl (C=O) groups is 1. The maximum Gasteiger partial charge on any atom is 0.228 e. The van der Waals surface area contributed by atoms with Crippen LogP contribution in [0.1, 0.15) is 30.0 Å². The first-order valence-corrected chi connectivity index (χ1v) is 8.95. The van der Waals surface area contributed by atoms with E-state index in [1.165, 1.54) is 0 Å². The molecule has 0 aliphatic heterocycles. The van der Waals surface area contributed by atoms with Gasteiger partial charge in [0.1, 0.15) is 5.75 Å². The van der Waals surface area contributed by atoms with Gasteiger partial charge in [-0.15, -0.1) is 5.10 Å². The number of nitrogens with one attached hydrogen (secondary N) is 1. The number of carbonyl (C=O) groups excluding carboxylic acids is 1. The van der Waals surface area contributed by atoms with Crippen molar-refractivity contribution in [3.8, 4) is 17.1 Å². The lowest BCUT2D eigenvalue weighted by Gasteiger charge is -2.11. The van der Waals surface area contributed by atoms with Crippen LogP contribution in [0.4, 0.5) is 5.69 Å². The molecule has 1 heterocycles. The first kappa shape index (κ1) is 17.2. The van der Waals surface area contributed by atoms with Crippen molar-refractivity contribution < 1.29 is 9.53 Å². The molecular weight excluding hydrogens is 342 g/mol. The zero-order valence-electron chi connectivity index (χ0n) is 15.3. The van der Waals surface area contributed by atoms with Crippen LogP contribution >= 0.6 is 0 Å². The van der Waals surface area contributed by atoms with Crippen LogP contribution < -0.4 is 10.1 Å². The van der Waals surface area contributed by atoms with Crippen molar-refractivity contribution in [2.75, 3.05) is 12.4 Å². The van der Waals surface area contributed by atoms with Crippen LogP contribution in [0.2, 0.25) is 0 Å². The van der Waals surface area contributed by atoms with Crippen LogP contribution in [0.3, 0.4) is 0 Å². The van der Waals surface area contributed by atoms with E-state index in [1.54, 1.807) is 7.11 Å². The minimum atomic E-state index is -0.0992. The van der Waals surface area contributed by atoms with Gasteiger partial charge in [-0.3, -0.25) is 4.79 Å². The van der Waals surface area contributed by atoms with Crippen molar-refractivity contribution in [3.63, 3.8) is 0 Å². The number of methoxy groups -OCH3 is 1. The van der Waals surface area contributed by atoms with Gasteiger partial charge in [-0.2, -0.15) is 0 Å². The summed E-state index contributed by atoms with van der Waals surface area (Å²) < 4.78 is 7.22. The van der Waals surface area contributed by atoms with Gasteiger partial charge in [0.2, 0.25) is 5.91 Å². The zero-order chi connectivity index (χ0) is 18.8. The summed E-state index contributed by atoms with van der Waals surface area (Å²) in [6.45, 7) is 1.99. The molecule has 0 atom stereocenters. The Kier molecular flexibility index (Phi) is 4.58. The van der Waals surface area contributed by atoms with Gasteiger partial charge in [-0.1, -0.05) is 29.8 Å². The highest BCUT2D eigenvalue weighted by Crippen LogP contribution is 2.36. The predicted molar refractivity (Wildman–Crippen MR) is 102 cm³/mol. The number of tetrazole rings is 1. The summed E-state index contributed by atoms with van der Waals surface area (Å²) in [7, 11) is 1.61. The molecule has 1 aliphatic carbocycles. The lowest BCUT2D eigenvalue weighted by atomic mass is 10.1. The van der Waals surface area contributed by atoms with Gasteiger partial charge in [-0.05, 0) is 48.4 Å². The fraction of sp³-hybridized carbons (Fsp3) is 0.300. The molecular formula is C20H21N5O2. The standard InChI is InChI=1S/C20H21N5O2/c1-13-6-9-18(27-2)15(10-13)12-19(26)21-16-5-3-4-14(11-16)20-22-23-24-25(20)17-7-8-17/h3-6,9-11,17H,7-8,12H2,1-2H3,(H,21,26). The van der Waals surface area contributed by atoms with Gasteiger partial charge in [0.25, 0.3) is 0 Å². The van der Waals surface area contributed by atoms with E-state index in [9.17, 15) is 4.79 Å². The van der Waals surface area contributed by atoms with Gasteiger partial charge in [0.15, 0.2) is 5.82 Å². The van der Waals surface area contributed by atoms with Crippen LogP contribution in [-0.2, 0) is 11.2 Å². The van der Waals surface area contributed by atoms with Gasteiger partial charge in [0.05, 0.1) is 19.6 Å². The van der Waals surface area contributed by atoms with E-state index in [0.717, 1.165) is 41.0 Å². The number of anilines is 1. The number of aryl methyl sites for hydroxylation is 1. The lowest BCUT2D eigenvalue weighted by molar-refractivity contribution is -0.115. The van der Waals surface area contributed by atoms with Crippen LogP contribution in [0.25, 0.3) is 11.4 Å². The smallest absolute Gasteiger partial charge is 0.228 e. The second-order valence-electron chi connectivity index (χ2n) is 6.80. The molecule has 0 unspecified atom stereocenters. The summed E-state index contributed by atoms with van der Waals surface area (Å²) in [6.07, 6.45) is 2.45. The number of ether oxygens (including phenoxy) is 1. The summed E-state index contributed by atoms with van der Waals surface area (Å²) in [6, 6.07) is 13.8. The highest BCUT2D eigenvalue weighted by atomic mass is 16.5. The molecule has 4 rings (SSSR count). The SMILES string of the molecule is COc1ccc(C)cc1CC(=O)Nc1cccc(-c2nnnn2C2CC2)c1. The molecule has 3 aromatic rings. The van der Waals surface area contributed by atoms with Gasteiger partial charge in [-0.25, -0.2) is 4.68 Å². The normalized spacial score (nSPS) is 13.4. The summed E-state index contributed by atoms with van der Waals surface area (Å²) in [4.78, 5) is 12.5. The fourth-order valence-electron chi connectivity index (χ4n) is 3.11. The lowest BCUT2D eigenvalue weighted by Crippen LogP contribution is -2.15. The van der Waals surface area contributed by atoms with Crippen molar-refractivity contribution in [2.45, 2.75) is 32.2 Å². The summed E-state index contributed by atoms with van der Waals surface area (Å²) in [5.41, 5.74) is 3.56. The van der Waals surface area contributed by atoms with Crippen LogP contribution in [0.5, 0.6) is 5.75 Å². The molecule has 0 radical (unpaired) electrons. The molecule has 1 fully saturated rings. The third-order valence-electron chi connectivity index (χ3n) is 4.58. The first-order chi connectivity index (χ1) is 13.1. The largest absolute Gasteiger partial charge is 0.496 e. The molecule has 7 heteroatoms. The van der Waals surface area contributed by atoms with Crippen molar-refractivity contribution >= 4 is 11.6 Å². The van der Waals surface area contributed by atoms with Gasteiger partial charge in [0, 0.05) is 16.8 Å². The predicted octanol–water partition coefficient (Wildman–Crippen LogP) is 3.17. The van der Waals surface area contributed by atoms with E-state index in [1.807, 2.05) is 54.1 Å². The second-order valence-corrected chi connectivity index (χ2v) is 6.80. The maximum absolute atomic E-state index is 12.5. The van der Waals surface area contributed by atoms with Crippen molar-refractivity contribution in [1.29, 1.82) is 0 Å². The van der Waals surface area contributed by atoms with Crippen LogP contribution in [0, 0.1) is 6.92 Å². The Bertz CT molecular complexity index is 978. The topological polar surface area (TPSA) is 81.9 Å². The van der Waals surface area contributed by atoms with E-state index in [4.69, 9.17) is 4.74 Å². The Balaban J connectivity index is 1.51. The minimum absolute atomic E-state index is 0.0992. The number of hydrogen-bond donors (Lipinski definition) is 1. The number of amides is 1. The van der Waals surface area contributed by atoms with E-state index in [0.29, 0.717) is 11.8 Å². The van der Waals surface area contributed by atoms with Gasteiger partial charge >= 0.3 is 0 Å². The molecule has 1 N–H and O–H groups in total. The molecule has 1 aliphatic rings. The summed E-state index contributed by atoms with van der Waals surface area (Å²) in [5, 5.41) is 15.0. The van der Waals surface area contributed by atoms with E-state index in [2.05, 4.69) is 20.8 Å². The van der Waals surface area contributed by atoms with Crippen LogP contribution in [-0.4, -0.2) is 33.2 Å². The fourth-order valence-corrected chi connectivity index (χ4v) is 3.11. The molecule has 27 heavy (non-hydrogen) atoms. The monoisotopic (exact) mass is 363 g/mol. The Hall–Kier alpha value is -3.22. The van der Waals surface area contributed by atoms with Crippen LogP contribution in [0.15, 0.2) is 42.5 Å². The molecule has 2 aromatic carbocycles. The molecule has 1 aromatic heterocycles. The highest BCUT2D eigenvalue weighted by Gasteiger charge is 2.28. The Labute approximate surface area is 157 Å². The number of nitrogens with zero attached hydrogens (tertiary/aromatic N) is 4. The first-order valence-electron chi connectivity index (χ1n) is 8.95. The average Bonchev–Trinajstić information content (AvgIpc) is 3.38. The van der Waals surface area contributed by atoms with E-state index < -0.39 is 0 Å². The van der Waals surface area contributed by atoms with E-state index in [-0.39, 0.29) is 12.3 Å². The number of benzene rings is 2. The van der Waals surface area contributed by atoms with Crippen molar-refractivity contribution in [1.82, 2.24) is 20.2 Å². The third-order valence-corrected chi connectivity index (χ3v) is 4.58. The molecule has 1 saturated carbocycles. The number of hydrogen-bond acceptors (Lipinski definition) is 5. The van der Waals surface area contributed by atoms with Crippen molar-refractivity contribution in [3.05, 3.63) is 53.6 Å². The van der Waals surface area contributed by atoms with E-state index >= 15 is 0 Å². The molecule has 0 saturated heterocycles. The van der Waals surface area contributed by atoms with Crippen molar-refractivity contribution in [2.24, 2.45) is 0 Å². The molecule has 0 spiro atoms. The number of rotatable bonds is 6. The number of aromatic nitrogens is 4. The molecule has 138 valence electrons. The van der Waals surface area contributed by atoms with Gasteiger partial charge < -0.3 is 10.1 Å². The summed E-state index contributed by atoms with van der Waals surface area (Å²) in [5.74, 6) is 1.35. The quantitative estimate of drug-likeness (QED) is 0.727. The Morgan fingerprint density at radius 2 is 2.11 bits per heavy atom. The molecule has 1 amide bonds. The summed E-state index contributed by atoms with van der Waals surface area (Å²) >= 11 is 0. The average molecular weight is 363 g/mol. The second kappa shape index (κ2) is 7.19. The third kappa shape index (κ3) is 3.81. The Morgan fingerprint density at radius 3 is 2.89 bits per heavy atom.